The standard InChI is InChI=1S/C16H24N2O3/c1-3-20-14-9-4-5-10-15(14)21-12-17-16(19)18-11-7-6-8-13(18)2/h4-5,9-10,13H,3,6-8,11-12H2,1-2H3,(H,17,19). The Kier molecular flexibility index (Phi) is 5.72. The fourth-order valence-electron chi connectivity index (χ4n) is 2.52. The number of likely N-dealkylation sites (tertiary alicyclic amines) is 1. The molecule has 0 aromatic heterocycles. The van der Waals surface area contributed by atoms with Crippen molar-refractivity contribution in [3.63, 3.8) is 0 Å². The normalized spacial score (nSPS) is 18.2. The maximum Gasteiger partial charge on any atom is 0.320 e. The molecule has 1 N–H and O–H groups in total. The van der Waals surface area contributed by atoms with Crippen LogP contribution in [0.5, 0.6) is 11.5 Å². The van der Waals surface area contributed by atoms with Crippen molar-refractivity contribution in [1.82, 2.24) is 10.2 Å². The van der Waals surface area contributed by atoms with Gasteiger partial charge in [-0.25, -0.2) is 4.79 Å². The number of amides is 2. The van der Waals surface area contributed by atoms with E-state index in [1.165, 1.54) is 6.42 Å². The third kappa shape index (κ3) is 4.28. The van der Waals surface area contributed by atoms with E-state index in [1.807, 2.05) is 36.1 Å². The second-order valence-electron chi connectivity index (χ2n) is 5.19. The Morgan fingerprint density at radius 3 is 2.67 bits per heavy atom. The van der Waals surface area contributed by atoms with E-state index in [9.17, 15) is 4.79 Å². The molecule has 1 unspecified atom stereocenters. The summed E-state index contributed by atoms with van der Waals surface area (Å²) in [5, 5.41) is 2.81. The zero-order valence-electron chi connectivity index (χ0n) is 12.8. The molecule has 0 spiro atoms. The predicted molar refractivity (Wildman–Crippen MR) is 81.7 cm³/mol. The van der Waals surface area contributed by atoms with Crippen molar-refractivity contribution >= 4 is 6.03 Å². The number of hydrogen-bond donors (Lipinski definition) is 1. The highest BCUT2D eigenvalue weighted by molar-refractivity contribution is 5.74. The Bertz CT molecular complexity index is 465. The molecule has 0 bridgehead atoms. The number of nitrogens with zero attached hydrogens (tertiary/aromatic N) is 1. The SMILES string of the molecule is CCOc1ccccc1OCNC(=O)N1CCCCC1C. The minimum absolute atomic E-state index is 0.0592. The van der Waals surface area contributed by atoms with Crippen LogP contribution < -0.4 is 14.8 Å². The van der Waals surface area contributed by atoms with E-state index in [0.29, 0.717) is 24.1 Å². The Hall–Kier alpha value is -1.91. The number of benzene rings is 1. The molecule has 1 saturated heterocycles. The molecule has 116 valence electrons. The molecule has 1 heterocycles. The average Bonchev–Trinajstić information content (AvgIpc) is 2.49. The summed E-state index contributed by atoms with van der Waals surface area (Å²) in [5.74, 6) is 1.34. The lowest BCUT2D eigenvalue weighted by molar-refractivity contribution is 0.148. The van der Waals surface area contributed by atoms with Gasteiger partial charge in [-0.2, -0.15) is 0 Å². The van der Waals surface area contributed by atoms with E-state index in [2.05, 4.69) is 12.2 Å². The quantitative estimate of drug-likeness (QED) is 0.849. The number of ether oxygens (including phenoxy) is 2. The Morgan fingerprint density at radius 1 is 1.29 bits per heavy atom. The molecule has 5 heteroatoms. The Labute approximate surface area is 126 Å². The first-order valence-electron chi connectivity index (χ1n) is 7.61. The van der Waals surface area contributed by atoms with Gasteiger partial charge in [0, 0.05) is 12.6 Å². The Balaban J connectivity index is 1.82. The van der Waals surface area contributed by atoms with E-state index in [0.717, 1.165) is 19.4 Å². The summed E-state index contributed by atoms with van der Waals surface area (Å²) < 4.78 is 11.1. The number of hydrogen-bond acceptors (Lipinski definition) is 3. The van der Waals surface area contributed by atoms with Gasteiger partial charge in [-0.05, 0) is 45.2 Å². The number of piperidine rings is 1. The molecule has 2 rings (SSSR count). The molecule has 0 aliphatic carbocycles. The second kappa shape index (κ2) is 7.76. The highest BCUT2D eigenvalue weighted by Gasteiger charge is 2.22. The van der Waals surface area contributed by atoms with Crippen molar-refractivity contribution in [3.05, 3.63) is 24.3 Å². The van der Waals surface area contributed by atoms with Crippen molar-refractivity contribution in [2.45, 2.75) is 39.2 Å². The third-order valence-corrected chi connectivity index (χ3v) is 3.66. The summed E-state index contributed by atoms with van der Waals surface area (Å²) >= 11 is 0. The summed E-state index contributed by atoms with van der Waals surface area (Å²) in [6.07, 6.45) is 3.34. The first-order valence-corrected chi connectivity index (χ1v) is 7.61. The molecule has 5 nitrogen and oxygen atoms in total. The fraction of sp³-hybridized carbons (Fsp3) is 0.562. The molecule has 21 heavy (non-hydrogen) atoms. The van der Waals surface area contributed by atoms with E-state index >= 15 is 0 Å². The molecular formula is C16H24N2O3. The number of urea groups is 1. The van der Waals surface area contributed by atoms with Gasteiger partial charge in [0.25, 0.3) is 0 Å². The fourth-order valence-corrected chi connectivity index (χ4v) is 2.52. The molecular weight excluding hydrogens is 268 g/mol. The van der Waals surface area contributed by atoms with Gasteiger partial charge in [-0.1, -0.05) is 12.1 Å². The van der Waals surface area contributed by atoms with Gasteiger partial charge >= 0.3 is 6.03 Å². The number of rotatable bonds is 5. The van der Waals surface area contributed by atoms with Gasteiger partial charge in [0.2, 0.25) is 0 Å². The molecule has 1 aromatic rings. The Morgan fingerprint density at radius 2 is 2.00 bits per heavy atom. The lowest BCUT2D eigenvalue weighted by Gasteiger charge is -2.33. The van der Waals surface area contributed by atoms with Gasteiger partial charge < -0.3 is 19.7 Å². The van der Waals surface area contributed by atoms with Crippen molar-refractivity contribution in [1.29, 1.82) is 0 Å². The number of carbonyl (C=O) groups excluding carboxylic acids is 1. The van der Waals surface area contributed by atoms with Crippen LogP contribution in [0.15, 0.2) is 24.3 Å². The average molecular weight is 292 g/mol. The zero-order chi connectivity index (χ0) is 15.1. The van der Waals surface area contributed by atoms with Crippen molar-refractivity contribution in [3.8, 4) is 11.5 Å². The van der Waals surface area contributed by atoms with E-state index in [4.69, 9.17) is 9.47 Å². The summed E-state index contributed by atoms with van der Waals surface area (Å²) in [6.45, 7) is 5.56. The smallest absolute Gasteiger partial charge is 0.320 e. The van der Waals surface area contributed by atoms with Gasteiger partial charge in [0.15, 0.2) is 18.2 Å². The second-order valence-corrected chi connectivity index (χ2v) is 5.19. The molecule has 1 fully saturated rings. The van der Waals surface area contributed by atoms with E-state index < -0.39 is 0 Å². The first kappa shape index (κ1) is 15.5. The first-order chi connectivity index (χ1) is 10.2. The van der Waals surface area contributed by atoms with Gasteiger partial charge in [-0.3, -0.25) is 0 Å². The van der Waals surface area contributed by atoms with Gasteiger partial charge in [0.1, 0.15) is 0 Å². The predicted octanol–water partition coefficient (Wildman–Crippen LogP) is 3.01. The monoisotopic (exact) mass is 292 g/mol. The van der Waals surface area contributed by atoms with Crippen LogP contribution in [-0.4, -0.2) is 36.9 Å². The molecule has 1 atom stereocenters. The topological polar surface area (TPSA) is 50.8 Å². The third-order valence-electron chi connectivity index (χ3n) is 3.66. The highest BCUT2D eigenvalue weighted by atomic mass is 16.5. The van der Waals surface area contributed by atoms with Crippen LogP contribution in [0, 0.1) is 0 Å². The van der Waals surface area contributed by atoms with Crippen LogP contribution in [0.25, 0.3) is 0 Å². The largest absolute Gasteiger partial charge is 0.490 e. The van der Waals surface area contributed by atoms with E-state index in [1.54, 1.807) is 0 Å². The molecule has 0 saturated carbocycles. The highest BCUT2D eigenvalue weighted by Crippen LogP contribution is 2.26. The van der Waals surface area contributed by atoms with Crippen LogP contribution in [0.3, 0.4) is 0 Å². The molecule has 1 aliphatic rings. The summed E-state index contributed by atoms with van der Waals surface area (Å²) in [7, 11) is 0. The lowest BCUT2D eigenvalue weighted by Crippen LogP contribution is -2.48. The molecule has 2 amide bonds. The minimum atomic E-state index is -0.0592. The lowest BCUT2D eigenvalue weighted by atomic mass is 10.0. The number of para-hydroxylation sites is 2. The zero-order valence-corrected chi connectivity index (χ0v) is 12.8. The summed E-state index contributed by atoms with van der Waals surface area (Å²) in [4.78, 5) is 14.0. The molecule has 1 aliphatic heterocycles. The summed E-state index contributed by atoms with van der Waals surface area (Å²) in [6, 6.07) is 7.71. The van der Waals surface area contributed by atoms with Gasteiger partial charge in [0.05, 0.1) is 6.61 Å². The minimum Gasteiger partial charge on any atom is -0.490 e. The maximum atomic E-state index is 12.1. The van der Waals surface area contributed by atoms with E-state index in [-0.39, 0.29) is 12.8 Å². The van der Waals surface area contributed by atoms with Crippen molar-refractivity contribution in [2.24, 2.45) is 0 Å². The number of carbonyl (C=O) groups is 1. The summed E-state index contributed by atoms with van der Waals surface area (Å²) in [5.41, 5.74) is 0. The molecule has 1 aromatic carbocycles. The van der Waals surface area contributed by atoms with Gasteiger partial charge in [-0.15, -0.1) is 0 Å². The van der Waals surface area contributed by atoms with Crippen molar-refractivity contribution in [2.75, 3.05) is 19.9 Å². The van der Waals surface area contributed by atoms with Crippen LogP contribution in [-0.2, 0) is 0 Å². The molecule has 0 radical (unpaired) electrons. The van der Waals surface area contributed by atoms with Crippen molar-refractivity contribution < 1.29 is 14.3 Å². The maximum absolute atomic E-state index is 12.1. The van der Waals surface area contributed by atoms with Crippen LogP contribution in [0.1, 0.15) is 33.1 Å². The number of nitrogens with one attached hydrogen (secondary N) is 1. The van der Waals surface area contributed by atoms with Crippen LogP contribution in [0.4, 0.5) is 4.79 Å². The van der Waals surface area contributed by atoms with Crippen LogP contribution in [0.2, 0.25) is 0 Å². The van der Waals surface area contributed by atoms with Crippen LogP contribution >= 0.6 is 0 Å².